The van der Waals surface area contributed by atoms with Crippen LogP contribution in [0.15, 0.2) is 28.8 Å². The number of rotatable bonds is 5. The van der Waals surface area contributed by atoms with Crippen molar-refractivity contribution in [2.45, 2.75) is 31.0 Å². The fourth-order valence-electron chi connectivity index (χ4n) is 1.40. The van der Waals surface area contributed by atoms with Crippen molar-refractivity contribution in [3.8, 4) is 11.5 Å². The van der Waals surface area contributed by atoms with Crippen LogP contribution in [0.1, 0.15) is 19.7 Å². The molecule has 0 saturated carbocycles. The van der Waals surface area contributed by atoms with Crippen molar-refractivity contribution in [1.82, 2.24) is 10.1 Å². The molecule has 1 aromatic heterocycles. The third-order valence-corrected chi connectivity index (χ3v) is 4.40. The van der Waals surface area contributed by atoms with Crippen LogP contribution in [0.25, 0.3) is 11.5 Å². The zero-order valence-electron chi connectivity index (χ0n) is 10.7. The molecule has 0 fully saturated rings. The smallest absolute Gasteiger partial charge is 0.259 e. The average molecular weight is 299 g/mol. The number of aliphatic hydroxyl groups excluding tert-OH is 1. The first-order chi connectivity index (χ1) is 9.08. The van der Waals surface area contributed by atoms with Gasteiger partial charge in [-0.15, -0.1) is 11.8 Å². The molecule has 0 bridgehead atoms. The van der Waals surface area contributed by atoms with Crippen molar-refractivity contribution in [2.24, 2.45) is 0 Å². The molecule has 2 aromatic rings. The monoisotopic (exact) mass is 298 g/mol. The van der Waals surface area contributed by atoms with Crippen molar-refractivity contribution in [3.05, 3.63) is 35.1 Å². The van der Waals surface area contributed by atoms with Crippen molar-refractivity contribution < 1.29 is 9.63 Å². The van der Waals surface area contributed by atoms with Gasteiger partial charge in [-0.2, -0.15) is 4.98 Å². The quantitative estimate of drug-likeness (QED) is 0.917. The Balaban J connectivity index is 2.06. The van der Waals surface area contributed by atoms with E-state index >= 15 is 0 Å². The maximum absolute atomic E-state index is 9.42. The molecule has 0 radical (unpaired) electrons. The molecule has 1 N–H and O–H groups in total. The van der Waals surface area contributed by atoms with Gasteiger partial charge in [0.05, 0.1) is 22.4 Å². The fraction of sp³-hybridized carbons (Fsp3) is 0.385. The van der Waals surface area contributed by atoms with Crippen LogP contribution in [-0.2, 0) is 5.75 Å². The summed E-state index contributed by atoms with van der Waals surface area (Å²) in [6, 6.07) is 7.34. The van der Waals surface area contributed by atoms with E-state index in [1.165, 1.54) is 0 Å². The van der Waals surface area contributed by atoms with Gasteiger partial charge in [-0.05, 0) is 19.1 Å². The summed E-state index contributed by atoms with van der Waals surface area (Å²) in [4.78, 5) is 4.31. The predicted octanol–water partition coefficient (Wildman–Crippen LogP) is 3.39. The summed E-state index contributed by atoms with van der Waals surface area (Å²) in [5.74, 6) is 1.62. The Bertz CT molecular complexity index is 545. The second-order valence-electron chi connectivity index (χ2n) is 4.25. The zero-order chi connectivity index (χ0) is 13.8. The molecule has 1 heterocycles. The maximum Gasteiger partial charge on any atom is 0.259 e. The minimum Gasteiger partial charge on any atom is -0.392 e. The van der Waals surface area contributed by atoms with E-state index in [-0.39, 0.29) is 11.4 Å². The Morgan fingerprint density at radius 1 is 1.37 bits per heavy atom. The molecule has 0 saturated heterocycles. The Morgan fingerprint density at radius 2 is 2.11 bits per heavy atom. The Kier molecular flexibility index (Phi) is 4.85. The summed E-state index contributed by atoms with van der Waals surface area (Å²) in [5, 5.41) is 14.0. The number of benzene rings is 1. The highest BCUT2D eigenvalue weighted by Gasteiger charge is 2.14. The van der Waals surface area contributed by atoms with Gasteiger partial charge in [0.25, 0.3) is 5.89 Å². The number of hydrogen-bond acceptors (Lipinski definition) is 5. The second kappa shape index (κ2) is 6.41. The van der Waals surface area contributed by atoms with E-state index in [1.807, 2.05) is 25.1 Å². The second-order valence-corrected chi connectivity index (χ2v) is 6.03. The molecule has 0 aliphatic carbocycles. The van der Waals surface area contributed by atoms with E-state index < -0.39 is 0 Å². The van der Waals surface area contributed by atoms with Gasteiger partial charge >= 0.3 is 0 Å². The molecule has 4 nitrogen and oxygen atoms in total. The van der Waals surface area contributed by atoms with E-state index in [9.17, 15) is 5.11 Å². The summed E-state index contributed by atoms with van der Waals surface area (Å²) < 4.78 is 5.20. The first kappa shape index (κ1) is 14.4. The molecule has 0 amide bonds. The van der Waals surface area contributed by atoms with Gasteiger partial charge in [0.15, 0.2) is 5.82 Å². The minimum absolute atomic E-state index is 0.127. The van der Waals surface area contributed by atoms with Crippen molar-refractivity contribution in [2.75, 3.05) is 0 Å². The summed E-state index contributed by atoms with van der Waals surface area (Å²) in [6.07, 6.45) is -0.361. The molecule has 0 spiro atoms. The van der Waals surface area contributed by atoms with E-state index in [4.69, 9.17) is 16.1 Å². The summed E-state index contributed by atoms with van der Waals surface area (Å²) in [7, 11) is 0. The number of thioether (sulfide) groups is 1. The van der Waals surface area contributed by atoms with E-state index in [1.54, 1.807) is 24.8 Å². The first-order valence-corrected chi connectivity index (χ1v) is 7.37. The molecule has 102 valence electrons. The largest absolute Gasteiger partial charge is 0.392 e. The van der Waals surface area contributed by atoms with Crippen molar-refractivity contribution in [3.63, 3.8) is 0 Å². The van der Waals surface area contributed by atoms with Crippen molar-refractivity contribution >= 4 is 23.4 Å². The highest BCUT2D eigenvalue weighted by molar-refractivity contribution is 7.99. The summed E-state index contributed by atoms with van der Waals surface area (Å²) in [5.41, 5.74) is 0.733. The fourth-order valence-corrected chi connectivity index (χ4v) is 2.43. The molecule has 2 rings (SSSR count). The maximum atomic E-state index is 9.42. The van der Waals surface area contributed by atoms with Crippen LogP contribution < -0.4 is 0 Å². The third kappa shape index (κ3) is 3.72. The lowest BCUT2D eigenvalue weighted by molar-refractivity contribution is 0.196. The van der Waals surface area contributed by atoms with Crippen LogP contribution in [0.2, 0.25) is 5.02 Å². The molecule has 0 aliphatic rings. The summed E-state index contributed by atoms with van der Waals surface area (Å²) in [6.45, 7) is 3.73. The van der Waals surface area contributed by atoms with Crippen LogP contribution in [0.5, 0.6) is 0 Å². The lowest BCUT2D eigenvalue weighted by atomic mass is 10.2. The molecule has 2 atom stereocenters. The van der Waals surface area contributed by atoms with E-state index in [0.717, 1.165) is 5.56 Å². The van der Waals surface area contributed by atoms with Crippen molar-refractivity contribution in [1.29, 1.82) is 0 Å². The van der Waals surface area contributed by atoms with Crippen LogP contribution in [0.3, 0.4) is 0 Å². The number of halogens is 1. The van der Waals surface area contributed by atoms with Gasteiger partial charge in [0, 0.05) is 5.25 Å². The molecule has 19 heavy (non-hydrogen) atoms. The van der Waals surface area contributed by atoms with E-state index in [2.05, 4.69) is 10.1 Å². The average Bonchev–Trinajstić information content (AvgIpc) is 2.85. The molecule has 2 unspecified atom stereocenters. The van der Waals surface area contributed by atoms with Gasteiger partial charge in [0.2, 0.25) is 0 Å². The molecular weight excluding hydrogens is 284 g/mol. The lowest BCUT2D eigenvalue weighted by Gasteiger charge is -2.11. The normalized spacial score (nSPS) is 14.3. The standard InChI is InChI=1S/C13H15ClN2O2S/c1-8(17)9(2)19-7-12-15-13(18-16-12)10-5-3-4-6-11(10)14/h3-6,8-9,17H,7H2,1-2H3. The van der Waals surface area contributed by atoms with Crippen LogP contribution in [0.4, 0.5) is 0 Å². The topological polar surface area (TPSA) is 59.2 Å². The van der Waals surface area contributed by atoms with Gasteiger partial charge in [0.1, 0.15) is 0 Å². The number of hydrogen-bond donors (Lipinski definition) is 1. The third-order valence-electron chi connectivity index (χ3n) is 2.73. The highest BCUT2D eigenvalue weighted by Crippen LogP contribution is 2.27. The summed E-state index contributed by atoms with van der Waals surface area (Å²) >= 11 is 7.65. The van der Waals surface area contributed by atoms with Gasteiger partial charge in [-0.1, -0.05) is 35.8 Å². The SMILES string of the molecule is CC(O)C(C)SCc1noc(-c2ccccc2Cl)n1. The highest BCUT2D eigenvalue weighted by atomic mass is 35.5. The zero-order valence-corrected chi connectivity index (χ0v) is 12.3. The molecular formula is C13H15ClN2O2S. The Labute approximate surface area is 121 Å². The van der Waals surface area contributed by atoms with Crippen LogP contribution >= 0.6 is 23.4 Å². The number of aromatic nitrogens is 2. The van der Waals surface area contributed by atoms with Crippen LogP contribution in [0, 0.1) is 0 Å². The molecule has 6 heteroatoms. The molecule has 1 aromatic carbocycles. The van der Waals surface area contributed by atoms with Gasteiger partial charge < -0.3 is 9.63 Å². The predicted molar refractivity (Wildman–Crippen MR) is 77.2 cm³/mol. The lowest BCUT2D eigenvalue weighted by Crippen LogP contribution is -2.15. The number of nitrogens with zero attached hydrogens (tertiary/aromatic N) is 2. The van der Waals surface area contributed by atoms with Crippen LogP contribution in [-0.4, -0.2) is 26.6 Å². The Morgan fingerprint density at radius 3 is 2.79 bits per heavy atom. The number of aliphatic hydroxyl groups is 1. The minimum atomic E-state index is -0.361. The van der Waals surface area contributed by atoms with E-state index in [0.29, 0.717) is 22.5 Å². The van der Waals surface area contributed by atoms with Gasteiger partial charge in [-0.3, -0.25) is 0 Å². The molecule has 0 aliphatic heterocycles. The first-order valence-electron chi connectivity index (χ1n) is 5.95. The van der Waals surface area contributed by atoms with Gasteiger partial charge in [-0.25, -0.2) is 0 Å². The Hall–Kier alpha value is -1.04.